The Morgan fingerprint density at radius 2 is 0.591 bits per heavy atom. The Labute approximate surface area is 528 Å². The second kappa shape index (κ2) is 22.3. The molecule has 0 aliphatic carbocycles. The molecule has 2 aliphatic heterocycles. The largest absolute Gasteiger partial charge is 0.311 e. The molecule has 11 aromatic rings. The molecule has 0 atom stereocenters. The van der Waals surface area contributed by atoms with E-state index in [0.29, 0.717) is 5.02 Å². The Balaban J connectivity index is 1.14. The number of anilines is 12. The van der Waals surface area contributed by atoms with E-state index in [1.54, 1.807) is 0 Å². The van der Waals surface area contributed by atoms with Gasteiger partial charge in [-0.25, -0.2) is 0 Å². The van der Waals surface area contributed by atoms with Gasteiger partial charge in [-0.1, -0.05) is 240 Å². The summed E-state index contributed by atoms with van der Waals surface area (Å²) in [4.78, 5) is 9.90. The molecule has 2 aliphatic rings. The first kappa shape index (κ1) is 58.0. The zero-order valence-electron chi connectivity index (χ0n) is 53.0. The first-order chi connectivity index (χ1) is 42.1. The number of hydrogen-bond donors (Lipinski definition) is 0. The van der Waals surface area contributed by atoms with Gasteiger partial charge in [-0.05, 0) is 181 Å². The lowest BCUT2D eigenvalue weighted by atomic mass is 9.33. The summed E-state index contributed by atoms with van der Waals surface area (Å²) in [5, 5.41) is 0.650. The van der Waals surface area contributed by atoms with Crippen LogP contribution in [0.4, 0.5) is 68.2 Å². The van der Waals surface area contributed by atoms with Crippen molar-refractivity contribution in [2.24, 2.45) is 0 Å². The van der Waals surface area contributed by atoms with Crippen LogP contribution in [-0.2, 0) is 21.7 Å². The number of benzene rings is 11. The van der Waals surface area contributed by atoms with Crippen LogP contribution in [-0.4, -0.2) is 6.71 Å². The molecule has 0 bridgehead atoms. The molecule has 13 rings (SSSR count). The van der Waals surface area contributed by atoms with Crippen molar-refractivity contribution in [2.45, 2.75) is 105 Å². The standard InChI is InChI=1S/C82H78BClN4/c1-79(2,3)57-33-39-64(40-34-57)86(65-41-35-58(36-42-65)80(4,5)6)67-44-46-71-75(54-67)88(73-48-38-60(82(10,11)12)50-69(73)56-27-19-14-20-28-56)77-52-61(84)51-76-78(77)83(71)70-45-43-66(85(62-29-21-15-22-30-62)63-31-23-16-24-32-63)53-74(70)87(76)72-47-37-59(81(7,8)9)49-68(72)55-25-17-13-18-26-55/h13-54H,1-12H3. The zero-order valence-corrected chi connectivity index (χ0v) is 53.7. The molecular weight excluding hydrogens is 1090 g/mol. The van der Waals surface area contributed by atoms with Crippen molar-refractivity contribution in [1.29, 1.82) is 0 Å². The quantitative estimate of drug-likeness (QED) is 0.127. The lowest BCUT2D eigenvalue weighted by Crippen LogP contribution is -2.61. The van der Waals surface area contributed by atoms with Gasteiger partial charge in [-0.2, -0.15) is 0 Å². The van der Waals surface area contributed by atoms with Gasteiger partial charge in [0.2, 0.25) is 0 Å². The molecule has 11 aromatic carbocycles. The fourth-order valence-electron chi connectivity index (χ4n) is 13.1. The molecule has 0 unspecified atom stereocenters. The molecule has 0 aromatic heterocycles. The maximum absolute atomic E-state index is 7.88. The monoisotopic (exact) mass is 1160 g/mol. The van der Waals surface area contributed by atoms with Gasteiger partial charge in [0.15, 0.2) is 0 Å². The van der Waals surface area contributed by atoms with E-state index in [1.807, 2.05) is 0 Å². The predicted molar refractivity (Wildman–Crippen MR) is 381 cm³/mol. The summed E-state index contributed by atoms with van der Waals surface area (Å²) in [5.41, 5.74) is 25.9. The third-order valence-electron chi connectivity index (χ3n) is 17.9. The lowest BCUT2D eigenvalue weighted by Gasteiger charge is -2.45. The highest BCUT2D eigenvalue weighted by atomic mass is 35.5. The fraction of sp³-hybridized carbons (Fsp3) is 0.195. The van der Waals surface area contributed by atoms with Crippen LogP contribution in [0.1, 0.15) is 105 Å². The second-order valence-corrected chi connectivity index (χ2v) is 28.5. The molecule has 0 spiro atoms. The van der Waals surface area contributed by atoms with Gasteiger partial charge >= 0.3 is 0 Å². The lowest BCUT2D eigenvalue weighted by molar-refractivity contribution is 0.590. The minimum Gasteiger partial charge on any atom is -0.311 e. The number of nitrogens with zero attached hydrogens (tertiary/aromatic N) is 4. The average molecular weight is 1170 g/mol. The third kappa shape index (κ3) is 10.8. The molecule has 0 radical (unpaired) electrons. The van der Waals surface area contributed by atoms with Crippen LogP contribution in [0.25, 0.3) is 22.3 Å². The van der Waals surface area contributed by atoms with Crippen LogP contribution in [0, 0.1) is 0 Å². The van der Waals surface area contributed by atoms with Crippen LogP contribution in [0.15, 0.2) is 255 Å². The summed E-state index contributed by atoms with van der Waals surface area (Å²) in [5.74, 6) is 0. The Hall–Kier alpha value is -9.03. The van der Waals surface area contributed by atoms with E-state index in [2.05, 4.69) is 357 Å². The maximum atomic E-state index is 7.88. The molecule has 436 valence electrons. The van der Waals surface area contributed by atoms with E-state index in [-0.39, 0.29) is 28.4 Å². The van der Waals surface area contributed by atoms with E-state index < -0.39 is 0 Å². The zero-order chi connectivity index (χ0) is 61.4. The van der Waals surface area contributed by atoms with E-state index >= 15 is 0 Å². The van der Waals surface area contributed by atoms with Gasteiger partial charge in [0, 0.05) is 73.0 Å². The summed E-state index contributed by atoms with van der Waals surface area (Å²) >= 11 is 7.88. The van der Waals surface area contributed by atoms with Gasteiger partial charge in [0.1, 0.15) is 0 Å². The van der Waals surface area contributed by atoms with Crippen molar-refractivity contribution >= 4 is 103 Å². The van der Waals surface area contributed by atoms with Crippen LogP contribution in [0.2, 0.25) is 5.02 Å². The van der Waals surface area contributed by atoms with Crippen LogP contribution in [0.3, 0.4) is 0 Å². The van der Waals surface area contributed by atoms with Crippen LogP contribution < -0.4 is 36.0 Å². The molecular formula is C82H78BClN4. The van der Waals surface area contributed by atoms with E-state index in [0.717, 1.165) is 90.5 Å². The molecule has 4 nitrogen and oxygen atoms in total. The predicted octanol–water partition coefficient (Wildman–Crippen LogP) is 21.9. The first-order valence-electron chi connectivity index (χ1n) is 31.1. The summed E-state index contributed by atoms with van der Waals surface area (Å²) in [6.07, 6.45) is 0. The van der Waals surface area contributed by atoms with Gasteiger partial charge in [0.05, 0.1) is 11.4 Å². The molecule has 0 amide bonds. The average Bonchev–Trinajstić information content (AvgIpc) is 0.792. The van der Waals surface area contributed by atoms with Crippen molar-refractivity contribution in [3.63, 3.8) is 0 Å². The summed E-state index contributed by atoms with van der Waals surface area (Å²) < 4.78 is 0. The van der Waals surface area contributed by atoms with Crippen molar-refractivity contribution in [3.05, 3.63) is 282 Å². The molecule has 6 heteroatoms. The SMILES string of the molecule is CC(C)(C)c1ccc(N(c2ccc(C(C)(C)C)cc2)c2ccc3c(c2)N(c2ccc(C(C)(C)C)cc2-c2ccccc2)c2cc(Cl)cc4c2B3c2ccc(N(c3ccccc3)c3ccccc3)cc2N4c2ccc(C(C)(C)C)cc2-c2ccccc2)cc1. The van der Waals surface area contributed by atoms with Crippen LogP contribution in [0.5, 0.6) is 0 Å². The van der Waals surface area contributed by atoms with Crippen LogP contribution >= 0.6 is 11.6 Å². The number of halogens is 1. The molecule has 0 fully saturated rings. The van der Waals surface area contributed by atoms with Gasteiger partial charge in [-0.3, -0.25) is 0 Å². The second-order valence-electron chi connectivity index (χ2n) is 28.1. The molecule has 88 heavy (non-hydrogen) atoms. The van der Waals surface area contributed by atoms with Gasteiger partial charge in [-0.15, -0.1) is 0 Å². The van der Waals surface area contributed by atoms with Gasteiger partial charge in [0.25, 0.3) is 6.71 Å². The van der Waals surface area contributed by atoms with Crippen molar-refractivity contribution in [1.82, 2.24) is 0 Å². The summed E-state index contributed by atoms with van der Waals surface area (Å²) in [7, 11) is 0. The Bertz CT molecular complexity index is 4270. The smallest absolute Gasteiger partial charge is 0.252 e. The third-order valence-corrected chi connectivity index (χ3v) is 18.1. The highest BCUT2D eigenvalue weighted by molar-refractivity contribution is 7.00. The topological polar surface area (TPSA) is 13.0 Å². The summed E-state index contributed by atoms with van der Waals surface area (Å²) in [6.45, 7) is 27.3. The minimum absolute atomic E-state index is 0.0104. The molecule has 0 N–H and O–H groups in total. The van der Waals surface area contributed by atoms with E-state index in [4.69, 9.17) is 11.6 Å². The van der Waals surface area contributed by atoms with Crippen molar-refractivity contribution in [3.8, 4) is 22.3 Å². The highest BCUT2D eigenvalue weighted by Gasteiger charge is 2.45. The highest BCUT2D eigenvalue weighted by Crippen LogP contribution is 2.52. The normalized spacial score (nSPS) is 13.0. The fourth-order valence-corrected chi connectivity index (χ4v) is 13.3. The Morgan fingerprint density at radius 1 is 0.284 bits per heavy atom. The van der Waals surface area contributed by atoms with Gasteiger partial charge < -0.3 is 19.6 Å². The number of para-hydroxylation sites is 2. The number of fused-ring (bicyclic) bond motifs is 4. The maximum Gasteiger partial charge on any atom is 0.252 e. The number of hydrogen-bond acceptors (Lipinski definition) is 4. The van der Waals surface area contributed by atoms with E-state index in [1.165, 1.54) is 38.6 Å². The molecule has 0 saturated carbocycles. The molecule has 2 heterocycles. The number of rotatable bonds is 10. The Kier molecular flexibility index (Phi) is 14.7. The van der Waals surface area contributed by atoms with Crippen molar-refractivity contribution in [2.75, 3.05) is 19.6 Å². The van der Waals surface area contributed by atoms with Crippen molar-refractivity contribution < 1.29 is 0 Å². The first-order valence-corrected chi connectivity index (χ1v) is 31.5. The van der Waals surface area contributed by atoms with E-state index in [9.17, 15) is 0 Å². The molecule has 0 saturated heterocycles. The minimum atomic E-state index is -0.210. The summed E-state index contributed by atoms with van der Waals surface area (Å²) in [6, 6.07) is 94.8. The Morgan fingerprint density at radius 3 is 0.932 bits per heavy atom.